The summed E-state index contributed by atoms with van der Waals surface area (Å²) in [4.78, 5) is 24.0. The summed E-state index contributed by atoms with van der Waals surface area (Å²) in [7, 11) is 1.76. The summed E-state index contributed by atoms with van der Waals surface area (Å²) in [6.45, 7) is 1.42. The van der Waals surface area contributed by atoms with Crippen LogP contribution in [0.5, 0.6) is 0 Å². The largest absolute Gasteiger partial charge is 0.393 e. The molecule has 0 atom stereocenters. The highest BCUT2D eigenvalue weighted by molar-refractivity contribution is 6.31. The molecule has 0 fully saturated rings. The van der Waals surface area contributed by atoms with Crippen molar-refractivity contribution in [3.05, 3.63) is 65.2 Å². The van der Waals surface area contributed by atoms with Gasteiger partial charge in [-0.1, -0.05) is 11.6 Å². The smallest absolute Gasteiger partial charge is 0.222 e. The molecule has 136 valence electrons. The van der Waals surface area contributed by atoms with Crippen molar-refractivity contribution in [3.63, 3.8) is 0 Å². The Balaban J connectivity index is 1.96. The van der Waals surface area contributed by atoms with Gasteiger partial charge in [-0.15, -0.1) is 0 Å². The van der Waals surface area contributed by atoms with E-state index in [1.54, 1.807) is 49.9 Å². The predicted molar refractivity (Wildman–Crippen MR) is 107 cm³/mol. The fourth-order valence-electron chi connectivity index (χ4n) is 2.52. The number of nitrogens with one attached hydrogen (secondary N) is 3. The lowest BCUT2D eigenvalue weighted by atomic mass is 9.98. The molecule has 0 radical (unpaired) electrons. The zero-order valence-electron chi connectivity index (χ0n) is 14.7. The number of fused-ring (bicyclic) bond motifs is 1. The van der Waals surface area contributed by atoms with E-state index < -0.39 is 0 Å². The minimum Gasteiger partial charge on any atom is -0.393 e. The number of anilines is 1. The van der Waals surface area contributed by atoms with Crippen LogP contribution >= 0.6 is 11.6 Å². The molecule has 1 amide bonds. The molecule has 0 unspecified atom stereocenters. The standard InChI is InChI=1S/C19H17ClN6O/c1-11(27)25-18-6-3-12(8-24-18)19(21)14(10-22-2)13-7-16-15(23-9-13)4-5-17(20)26-16/h3-10,21-22H,1-2H3,(H,24,25,27)/b14-10-,21-19?. The van der Waals surface area contributed by atoms with Gasteiger partial charge < -0.3 is 10.6 Å². The van der Waals surface area contributed by atoms with Gasteiger partial charge in [0.15, 0.2) is 0 Å². The molecular weight excluding hydrogens is 364 g/mol. The molecule has 27 heavy (non-hydrogen) atoms. The maximum absolute atomic E-state index is 11.1. The number of hydrogen-bond acceptors (Lipinski definition) is 6. The predicted octanol–water partition coefficient (Wildman–Crippen LogP) is 3.26. The van der Waals surface area contributed by atoms with Gasteiger partial charge in [0.05, 0.1) is 16.7 Å². The van der Waals surface area contributed by atoms with Gasteiger partial charge in [0, 0.05) is 49.3 Å². The third-order valence-corrected chi connectivity index (χ3v) is 3.94. The topological polar surface area (TPSA) is 104 Å². The van der Waals surface area contributed by atoms with Gasteiger partial charge in [-0.3, -0.25) is 15.2 Å². The molecule has 3 N–H and O–H groups in total. The second kappa shape index (κ2) is 7.92. The van der Waals surface area contributed by atoms with Gasteiger partial charge in [0.1, 0.15) is 11.0 Å². The van der Waals surface area contributed by atoms with Crippen LogP contribution in [0.3, 0.4) is 0 Å². The fraction of sp³-hybridized carbons (Fsp3) is 0.105. The van der Waals surface area contributed by atoms with Crippen molar-refractivity contribution in [2.24, 2.45) is 0 Å². The second-order valence-corrected chi connectivity index (χ2v) is 6.12. The molecule has 7 nitrogen and oxygen atoms in total. The average molecular weight is 381 g/mol. The highest BCUT2D eigenvalue weighted by atomic mass is 35.5. The summed E-state index contributed by atoms with van der Waals surface area (Å²) in [5.74, 6) is 0.235. The summed E-state index contributed by atoms with van der Waals surface area (Å²) in [5, 5.41) is 14.5. The van der Waals surface area contributed by atoms with Gasteiger partial charge in [-0.25, -0.2) is 9.97 Å². The summed E-state index contributed by atoms with van der Waals surface area (Å²) in [6.07, 6.45) is 4.95. The Morgan fingerprint density at radius 2 is 1.89 bits per heavy atom. The number of amides is 1. The van der Waals surface area contributed by atoms with E-state index >= 15 is 0 Å². The van der Waals surface area contributed by atoms with Crippen LogP contribution in [0.2, 0.25) is 5.15 Å². The average Bonchev–Trinajstić information content (AvgIpc) is 2.65. The van der Waals surface area contributed by atoms with Crippen molar-refractivity contribution in [3.8, 4) is 0 Å². The van der Waals surface area contributed by atoms with Crippen LogP contribution < -0.4 is 10.6 Å². The first-order valence-electron chi connectivity index (χ1n) is 8.11. The molecule has 8 heteroatoms. The summed E-state index contributed by atoms with van der Waals surface area (Å²) in [5.41, 5.74) is 3.58. The van der Waals surface area contributed by atoms with Crippen LogP contribution in [0.25, 0.3) is 16.6 Å². The highest BCUT2D eigenvalue weighted by Crippen LogP contribution is 2.23. The van der Waals surface area contributed by atoms with Gasteiger partial charge in [0.25, 0.3) is 0 Å². The third kappa shape index (κ3) is 4.27. The molecule has 3 heterocycles. The lowest BCUT2D eigenvalue weighted by Crippen LogP contribution is -2.10. The number of nitrogens with zero attached hydrogens (tertiary/aromatic N) is 3. The van der Waals surface area contributed by atoms with Gasteiger partial charge in [0.2, 0.25) is 5.91 Å². The van der Waals surface area contributed by atoms with Crippen LogP contribution in [-0.4, -0.2) is 33.6 Å². The lowest BCUT2D eigenvalue weighted by molar-refractivity contribution is -0.114. The zero-order chi connectivity index (χ0) is 19.4. The van der Waals surface area contributed by atoms with Crippen molar-refractivity contribution in [1.29, 1.82) is 5.41 Å². The van der Waals surface area contributed by atoms with E-state index in [0.717, 1.165) is 11.1 Å². The number of allylic oxidation sites excluding steroid dienone is 1. The molecule has 0 saturated heterocycles. The first-order valence-corrected chi connectivity index (χ1v) is 8.49. The maximum Gasteiger partial charge on any atom is 0.222 e. The quantitative estimate of drug-likeness (QED) is 0.465. The number of halogens is 1. The van der Waals surface area contributed by atoms with Crippen molar-refractivity contribution in [1.82, 2.24) is 20.3 Å². The van der Waals surface area contributed by atoms with E-state index in [-0.39, 0.29) is 11.6 Å². The van der Waals surface area contributed by atoms with Gasteiger partial charge in [-0.2, -0.15) is 0 Å². The van der Waals surface area contributed by atoms with Crippen LogP contribution in [-0.2, 0) is 4.79 Å². The summed E-state index contributed by atoms with van der Waals surface area (Å²) < 4.78 is 0. The van der Waals surface area contributed by atoms with E-state index in [1.165, 1.54) is 6.92 Å². The van der Waals surface area contributed by atoms with Crippen molar-refractivity contribution < 1.29 is 4.79 Å². The minimum atomic E-state index is -0.200. The number of pyridine rings is 3. The third-order valence-electron chi connectivity index (χ3n) is 3.73. The highest BCUT2D eigenvalue weighted by Gasteiger charge is 2.13. The molecule has 0 aliphatic rings. The Hall–Kier alpha value is -3.32. The van der Waals surface area contributed by atoms with Gasteiger partial charge in [-0.05, 0) is 30.3 Å². The lowest BCUT2D eigenvalue weighted by Gasteiger charge is -2.11. The Morgan fingerprint density at radius 3 is 2.56 bits per heavy atom. The minimum absolute atomic E-state index is 0.200. The first kappa shape index (κ1) is 18.5. The molecule has 3 aromatic heterocycles. The fourth-order valence-corrected chi connectivity index (χ4v) is 2.68. The van der Waals surface area contributed by atoms with Crippen molar-refractivity contribution in [2.45, 2.75) is 6.92 Å². The van der Waals surface area contributed by atoms with Crippen molar-refractivity contribution in [2.75, 3.05) is 12.4 Å². The Morgan fingerprint density at radius 1 is 1.11 bits per heavy atom. The second-order valence-electron chi connectivity index (χ2n) is 5.73. The van der Waals surface area contributed by atoms with Crippen LogP contribution in [0.4, 0.5) is 5.82 Å². The zero-order valence-corrected chi connectivity index (χ0v) is 15.5. The SMILES string of the molecule is CN/C=C(\C(=N)c1ccc(NC(C)=O)nc1)c1cnc2ccc(Cl)nc2c1. The van der Waals surface area contributed by atoms with E-state index in [2.05, 4.69) is 25.6 Å². The van der Waals surface area contributed by atoms with Gasteiger partial charge >= 0.3 is 0 Å². The molecule has 0 bridgehead atoms. The molecule has 0 saturated carbocycles. The summed E-state index contributed by atoms with van der Waals surface area (Å²) >= 11 is 5.97. The first-order chi connectivity index (χ1) is 13.0. The Labute approximate surface area is 161 Å². The van der Waals surface area contributed by atoms with E-state index in [0.29, 0.717) is 27.6 Å². The Bertz CT molecular complexity index is 1050. The van der Waals surface area contributed by atoms with Crippen LogP contribution in [0, 0.1) is 5.41 Å². The van der Waals surface area contributed by atoms with E-state index in [9.17, 15) is 4.79 Å². The van der Waals surface area contributed by atoms with Crippen LogP contribution in [0.15, 0.2) is 48.9 Å². The molecule has 0 spiro atoms. The summed E-state index contributed by atoms with van der Waals surface area (Å²) in [6, 6.07) is 8.71. The molecule has 0 aliphatic carbocycles. The number of aromatic nitrogens is 3. The van der Waals surface area contributed by atoms with E-state index in [4.69, 9.17) is 17.0 Å². The normalized spacial score (nSPS) is 11.3. The molecule has 3 aromatic rings. The monoisotopic (exact) mass is 380 g/mol. The molecular formula is C19H17ClN6O. The Kier molecular flexibility index (Phi) is 5.42. The van der Waals surface area contributed by atoms with E-state index in [1.807, 2.05) is 6.07 Å². The number of hydrogen-bond donors (Lipinski definition) is 3. The molecule has 3 rings (SSSR count). The number of rotatable bonds is 5. The van der Waals surface area contributed by atoms with Crippen molar-refractivity contribution >= 4 is 45.6 Å². The maximum atomic E-state index is 11.1. The molecule has 0 aliphatic heterocycles. The number of carbonyl (C=O) groups excluding carboxylic acids is 1. The van der Waals surface area contributed by atoms with Crippen LogP contribution in [0.1, 0.15) is 18.1 Å². The number of carbonyl (C=O) groups is 1. The molecule has 0 aromatic carbocycles.